The minimum atomic E-state index is -4.75. The van der Waals surface area contributed by atoms with Gasteiger partial charge in [0.15, 0.2) is 0 Å². The predicted molar refractivity (Wildman–Crippen MR) is 41.5 cm³/mol. The Hall–Kier alpha value is 0.414. The summed E-state index contributed by atoms with van der Waals surface area (Å²) in [5.74, 6) is -1.77. The van der Waals surface area contributed by atoms with E-state index in [-0.39, 0.29) is 4.88 Å². The SMILES string of the molecule is O=C(c1cccs1)C(F)(F)F.O=[CH][Eu]. The zero-order valence-corrected chi connectivity index (χ0v) is 9.79. The number of hydrogen-bond donors (Lipinski definition) is 0. The van der Waals surface area contributed by atoms with E-state index in [1.165, 1.54) is 11.4 Å². The molecule has 0 radical (unpaired) electrons. The average Bonchev–Trinajstić information content (AvgIpc) is 2.54. The summed E-state index contributed by atoms with van der Waals surface area (Å²) in [6.45, 7) is 0. The second-order valence-corrected chi connectivity index (χ2v) is 3.41. The second kappa shape index (κ2) is 6.82. The van der Waals surface area contributed by atoms with Crippen molar-refractivity contribution >= 4 is 17.8 Å². The van der Waals surface area contributed by atoms with Crippen molar-refractivity contribution in [3.63, 3.8) is 0 Å². The van der Waals surface area contributed by atoms with Gasteiger partial charge >= 0.3 is 58.7 Å². The molecule has 1 rings (SSSR count). The first-order chi connectivity index (χ1) is 6.43. The normalized spacial score (nSPS) is 10.0. The molecule has 0 bridgehead atoms. The van der Waals surface area contributed by atoms with E-state index in [4.69, 9.17) is 4.79 Å². The van der Waals surface area contributed by atoms with Crippen LogP contribution in [-0.2, 0) is 4.79 Å². The van der Waals surface area contributed by atoms with E-state index in [9.17, 15) is 18.0 Å². The number of thiophene rings is 1. The number of halogens is 3. The van der Waals surface area contributed by atoms with E-state index in [0.29, 0.717) is 0 Å². The van der Waals surface area contributed by atoms with E-state index in [1.807, 2.05) is 0 Å². The standard InChI is InChI=1S/C6H3F3OS.CHO.Eu/c7-6(8,9)5(10)4-2-1-3-11-4;1-2;/h1-3H;1H;. The minimum absolute atomic E-state index is 0.266. The Balaban J connectivity index is 0.000000500. The van der Waals surface area contributed by atoms with Crippen LogP contribution in [0.25, 0.3) is 0 Å². The van der Waals surface area contributed by atoms with Crippen LogP contribution in [0.2, 0.25) is 0 Å². The van der Waals surface area contributed by atoms with Gasteiger partial charge in [-0.05, 0) is 11.4 Å². The summed E-state index contributed by atoms with van der Waals surface area (Å²) in [5.41, 5.74) is 0. The van der Waals surface area contributed by atoms with Gasteiger partial charge in [-0.3, -0.25) is 4.79 Å². The fourth-order valence-corrected chi connectivity index (χ4v) is 1.23. The van der Waals surface area contributed by atoms with Crippen molar-refractivity contribution in [1.29, 1.82) is 0 Å². The summed E-state index contributed by atoms with van der Waals surface area (Å²) in [6.07, 6.45) is -4.75. The van der Waals surface area contributed by atoms with E-state index in [1.54, 1.807) is 0 Å². The molecule has 7 heteroatoms. The Morgan fingerprint density at radius 1 is 1.50 bits per heavy atom. The number of hydrogen-bond acceptors (Lipinski definition) is 3. The topological polar surface area (TPSA) is 34.1 Å². The molecule has 0 N–H and O–H groups in total. The van der Waals surface area contributed by atoms with Gasteiger partial charge in [-0.25, -0.2) is 0 Å². The average molecular weight is 361 g/mol. The van der Waals surface area contributed by atoms with Crippen molar-refractivity contribution in [2.24, 2.45) is 0 Å². The van der Waals surface area contributed by atoms with Crippen LogP contribution < -0.4 is 0 Å². The van der Waals surface area contributed by atoms with Crippen molar-refractivity contribution in [2.75, 3.05) is 0 Å². The molecular weight excluding hydrogens is 357 g/mol. The molecular formula is C7H4EuF3O2S. The van der Waals surface area contributed by atoms with Crippen LogP contribution in [0.15, 0.2) is 17.5 Å². The van der Waals surface area contributed by atoms with Gasteiger partial charge < -0.3 is 0 Å². The first kappa shape index (κ1) is 14.4. The van der Waals surface area contributed by atoms with Gasteiger partial charge in [0.05, 0.1) is 4.88 Å². The Bertz CT molecular complexity index is 294. The van der Waals surface area contributed by atoms with Crippen molar-refractivity contribution in [1.82, 2.24) is 0 Å². The van der Waals surface area contributed by atoms with Gasteiger partial charge in [-0.15, -0.1) is 11.3 Å². The summed E-state index contributed by atoms with van der Waals surface area (Å²) >= 11 is 1.93. The Morgan fingerprint density at radius 3 is 2.29 bits per heavy atom. The first-order valence-corrected chi connectivity index (χ1v) is 5.40. The molecule has 0 unspecified atom stereocenters. The van der Waals surface area contributed by atoms with Crippen molar-refractivity contribution in [2.45, 2.75) is 6.18 Å². The van der Waals surface area contributed by atoms with Crippen LogP contribution in [0.3, 0.4) is 0 Å². The fourth-order valence-electron chi connectivity index (χ4n) is 0.547. The summed E-state index contributed by atoms with van der Waals surface area (Å²) in [4.78, 5) is 19.0. The quantitative estimate of drug-likeness (QED) is 0.568. The molecule has 78 valence electrons. The van der Waals surface area contributed by atoms with Crippen molar-refractivity contribution in [3.05, 3.63) is 22.4 Å². The number of alkyl halides is 3. The molecule has 0 amide bonds. The Kier molecular flexibility index (Phi) is 7.02. The van der Waals surface area contributed by atoms with E-state index < -0.39 is 12.0 Å². The van der Waals surface area contributed by atoms with E-state index in [2.05, 4.69) is 0 Å². The third-order valence-electron chi connectivity index (χ3n) is 1.00. The van der Waals surface area contributed by atoms with Crippen LogP contribution in [0.5, 0.6) is 0 Å². The monoisotopic (exact) mass is 362 g/mol. The first-order valence-electron chi connectivity index (χ1n) is 3.12. The number of rotatable bonds is 1. The zero-order valence-electron chi connectivity index (χ0n) is 6.55. The molecule has 14 heavy (non-hydrogen) atoms. The number of ketones is 1. The van der Waals surface area contributed by atoms with Crippen LogP contribution in [0.4, 0.5) is 13.2 Å². The maximum atomic E-state index is 11.7. The summed E-state index contributed by atoms with van der Waals surface area (Å²) in [6, 6.07) is 2.56. The van der Waals surface area contributed by atoms with Crippen molar-refractivity contribution < 1.29 is 69.8 Å². The molecule has 1 heterocycles. The van der Waals surface area contributed by atoms with Crippen LogP contribution in [-0.4, -0.2) is 12.6 Å². The predicted octanol–water partition coefficient (Wildman–Crippen LogP) is 2.22. The van der Waals surface area contributed by atoms with Gasteiger partial charge in [0, 0.05) is 0 Å². The Labute approximate surface area is 115 Å². The molecule has 0 saturated heterocycles. The number of carbonyl (C=O) groups excluding carboxylic acids is 2. The van der Waals surface area contributed by atoms with Gasteiger partial charge in [0.1, 0.15) is 0 Å². The van der Waals surface area contributed by atoms with E-state index >= 15 is 0 Å². The number of Topliss-reactive ketones (excluding diaryl/α,β-unsaturated/α-hetero) is 1. The number of carbonyl (C=O) groups is 2. The summed E-state index contributed by atoms with van der Waals surface area (Å²) < 4.78 is 35.8. The molecule has 0 aliphatic rings. The molecule has 0 aromatic carbocycles. The van der Waals surface area contributed by atoms with Crippen LogP contribution in [0.1, 0.15) is 9.67 Å². The molecule has 0 fully saturated rings. The fraction of sp³-hybridized carbons (Fsp3) is 0.143. The summed E-state index contributed by atoms with van der Waals surface area (Å²) in [7, 11) is 0. The van der Waals surface area contributed by atoms with Gasteiger partial charge in [-0.2, -0.15) is 13.2 Å². The Morgan fingerprint density at radius 2 is 2.00 bits per heavy atom. The third kappa shape index (κ3) is 5.33. The van der Waals surface area contributed by atoms with Crippen LogP contribution >= 0.6 is 11.3 Å². The van der Waals surface area contributed by atoms with Crippen LogP contribution in [0, 0.1) is 47.0 Å². The zero-order chi connectivity index (χ0) is 11.2. The summed E-state index contributed by atoms with van der Waals surface area (Å²) in [5, 5.41) is 1.43. The molecule has 2 nitrogen and oxygen atoms in total. The molecule has 0 atom stereocenters. The molecule has 0 spiro atoms. The molecule has 0 aliphatic heterocycles. The third-order valence-corrected chi connectivity index (χ3v) is 1.87. The molecule has 0 aliphatic carbocycles. The molecule has 1 aromatic rings. The van der Waals surface area contributed by atoms with Gasteiger partial charge in [-0.1, -0.05) is 6.07 Å². The van der Waals surface area contributed by atoms with Gasteiger partial charge in [0.2, 0.25) is 0 Å². The van der Waals surface area contributed by atoms with E-state index in [0.717, 1.165) is 65.1 Å². The molecule has 1 aromatic heterocycles. The van der Waals surface area contributed by atoms with Gasteiger partial charge in [0.25, 0.3) is 5.78 Å². The van der Waals surface area contributed by atoms with Crippen molar-refractivity contribution in [3.8, 4) is 0 Å². The maximum absolute atomic E-state index is 11.7. The second-order valence-electron chi connectivity index (χ2n) is 1.89. The molecule has 0 saturated carbocycles.